The molecule has 3 fully saturated rings. The lowest BCUT2D eigenvalue weighted by atomic mass is 9.83. The number of carbonyl (C=O) groups excluding carboxylic acids is 2. The second-order valence-electron chi connectivity index (χ2n) is 8.33. The van der Waals surface area contributed by atoms with E-state index in [2.05, 4.69) is 34.5 Å². The van der Waals surface area contributed by atoms with Crippen LogP contribution in [0.15, 0.2) is 30.3 Å². The molecule has 0 radical (unpaired) electrons. The van der Waals surface area contributed by atoms with Gasteiger partial charge in [-0.3, -0.25) is 9.59 Å². The number of piperidine rings is 2. The summed E-state index contributed by atoms with van der Waals surface area (Å²) in [5.74, 6) is 0.866. The van der Waals surface area contributed by atoms with Gasteiger partial charge >= 0.3 is 0 Å². The average molecular weight is 370 g/mol. The Hall–Kier alpha value is -2.04. The van der Waals surface area contributed by atoms with Crippen LogP contribution >= 0.6 is 0 Å². The van der Waals surface area contributed by atoms with Gasteiger partial charge in [0.2, 0.25) is 11.8 Å². The minimum Gasteiger partial charge on any atom is -0.371 e. The Bertz CT molecular complexity index is 643. The molecule has 5 nitrogen and oxygen atoms in total. The molecule has 146 valence electrons. The maximum Gasteiger partial charge on any atom is 0.225 e. The fourth-order valence-corrected chi connectivity index (χ4v) is 4.52. The Morgan fingerprint density at radius 3 is 2.07 bits per heavy atom. The quantitative estimate of drug-likeness (QED) is 0.888. The predicted molar refractivity (Wildman–Crippen MR) is 106 cm³/mol. The van der Waals surface area contributed by atoms with E-state index in [9.17, 15) is 9.59 Å². The molecule has 4 rings (SSSR count). The monoisotopic (exact) mass is 369 g/mol. The molecule has 3 aliphatic rings. The Morgan fingerprint density at radius 2 is 1.48 bits per heavy atom. The van der Waals surface area contributed by atoms with Gasteiger partial charge < -0.3 is 15.1 Å². The van der Waals surface area contributed by atoms with Crippen molar-refractivity contribution >= 4 is 17.5 Å². The number of hydrogen-bond donors (Lipinski definition) is 1. The number of hydrogen-bond acceptors (Lipinski definition) is 3. The maximum absolute atomic E-state index is 12.7. The van der Waals surface area contributed by atoms with E-state index in [0.717, 1.165) is 64.7 Å². The van der Waals surface area contributed by atoms with Crippen molar-refractivity contribution in [1.82, 2.24) is 10.2 Å². The highest BCUT2D eigenvalue weighted by Gasteiger charge is 2.33. The van der Waals surface area contributed by atoms with Gasteiger partial charge in [-0.1, -0.05) is 24.6 Å². The summed E-state index contributed by atoms with van der Waals surface area (Å²) in [6.45, 7) is 3.48. The van der Waals surface area contributed by atoms with Crippen LogP contribution in [0.4, 0.5) is 5.69 Å². The highest BCUT2D eigenvalue weighted by molar-refractivity contribution is 5.81. The van der Waals surface area contributed by atoms with Crippen LogP contribution < -0.4 is 10.2 Å². The van der Waals surface area contributed by atoms with Gasteiger partial charge in [-0.05, 0) is 50.7 Å². The van der Waals surface area contributed by atoms with Crippen LogP contribution in [0, 0.1) is 11.8 Å². The van der Waals surface area contributed by atoms with Crippen LogP contribution in [-0.4, -0.2) is 48.9 Å². The molecule has 0 bridgehead atoms. The minimum atomic E-state index is 0.0718. The van der Waals surface area contributed by atoms with E-state index in [1.807, 2.05) is 11.0 Å². The lowest BCUT2D eigenvalue weighted by molar-refractivity contribution is -0.141. The normalized spacial score (nSPS) is 22.4. The number of benzene rings is 1. The summed E-state index contributed by atoms with van der Waals surface area (Å²) in [5, 5.41) is 3.28. The van der Waals surface area contributed by atoms with Gasteiger partial charge in [0, 0.05) is 49.7 Å². The van der Waals surface area contributed by atoms with Gasteiger partial charge in [0.05, 0.1) is 0 Å². The number of nitrogens with zero attached hydrogens (tertiary/aromatic N) is 2. The Kier molecular flexibility index (Phi) is 5.65. The summed E-state index contributed by atoms with van der Waals surface area (Å²) in [7, 11) is 0. The van der Waals surface area contributed by atoms with Crippen molar-refractivity contribution in [3.05, 3.63) is 30.3 Å². The molecule has 0 spiro atoms. The predicted octanol–water partition coefficient (Wildman–Crippen LogP) is 2.81. The number of nitrogens with one attached hydrogen (secondary N) is 1. The molecule has 2 aliphatic heterocycles. The molecule has 0 atom stereocenters. The number of rotatable bonds is 4. The van der Waals surface area contributed by atoms with Crippen molar-refractivity contribution in [1.29, 1.82) is 0 Å². The zero-order valence-corrected chi connectivity index (χ0v) is 16.1. The van der Waals surface area contributed by atoms with E-state index < -0.39 is 0 Å². The van der Waals surface area contributed by atoms with Crippen molar-refractivity contribution in [3.63, 3.8) is 0 Å². The number of carbonyl (C=O) groups is 2. The van der Waals surface area contributed by atoms with E-state index >= 15 is 0 Å². The largest absolute Gasteiger partial charge is 0.371 e. The third-order valence-corrected chi connectivity index (χ3v) is 6.59. The van der Waals surface area contributed by atoms with Gasteiger partial charge in [0.25, 0.3) is 0 Å². The van der Waals surface area contributed by atoms with Gasteiger partial charge in [0.1, 0.15) is 0 Å². The van der Waals surface area contributed by atoms with E-state index in [1.165, 1.54) is 12.1 Å². The molecular weight excluding hydrogens is 338 g/mol. The topological polar surface area (TPSA) is 52.7 Å². The molecule has 1 aromatic rings. The highest BCUT2D eigenvalue weighted by Crippen LogP contribution is 2.30. The van der Waals surface area contributed by atoms with Crippen LogP contribution in [0.5, 0.6) is 0 Å². The minimum absolute atomic E-state index is 0.0718. The van der Waals surface area contributed by atoms with E-state index in [1.54, 1.807) is 0 Å². The molecule has 1 aliphatic carbocycles. The first-order valence-electron chi connectivity index (χ1n) is 10.6. The molecule has 0 unspecified atom stereocenters. The van der Waals surface area contributed by atoms with Crippen LogP contribution in [0.1, 0.15) is 44.9 Å². The number of likely N-dealkylation sites (tertiary alicyclic amines) is 1. The third-order valence-electron chi connectivity index (χ3n) is 6.59. The first-order chi connectivity index (χ1) is 13.2. The standard InChI is InChI=1S/C22H31N3O2/c26-21(17-9-13-25(14-10-17)22(27)18-5-4-6-18)23-19-11-15-24(16-12-19)20-7-2-1-3-8-20/h1-3,7-8,17-19H,4-6,9-16H2,(H,23,26). The SMILES string of the molecule is O=C(NC1CCN(c2ccccc2)CC1)C1CCN(C(=O)C2CCC2)CC1. The molecular formula is C22H31N3O2. The lowest BCUT2D eigenvalue weighted by Gasteiger charge is -2.37. The van der Waals surface area contributed by atoms with Crippen LogP contribution in [0.25, 0.3) is 0 Å². The summed E-state index contributed by atoms with van der Waals surface area (Å²) >= 11 is 0. The van der Waals surface area contributed by atoms with Crippen LogP contribution in [0.2, 0.25) is 0 Å². The Labute approximate surface area is 162 Å². The first kappa shape index (κ1) is 18.3. The van der Waals surface area contributed by atoms with E-state index in [-0.39, 0.29) is 23.8 Å². The molecule has 2 heterocycles. The smallest absolute Gasteiger partial charge is 0.225 e. The van der Waals surface area contributed by atoms with Crippen LogP contribution in [-0.2, 0) is 9.59 Å². The summed E-state index contributed by atoms with van der Waals surface area (Å²) in [6, 6.07) is 10.8. The lowest BCUT2D eigenvalue weighted by Crippen LogP contribution is -2.49. The molecule has 1 saturated carbocycles. The molecule has 0 aromatic heterocycles. The zero-order valence-electron chi connectivity index (χ0n) is 16.1. The molecule has 2 saturated heterocycles. The van der Waals surface area contributed by atoms with Gasteiger partial charge in [-0.15, -0.1) is 0 Å². The average Bonchev–Trinajstić information content (AvgIpc) is 2.68. The third kappa shape index (κ3) is 4.28. The van der Waals surface area contributed by atoms with E-state index in [0.29, 0.717) is 5.91 Å². The first-order valence-corrected chi connectivity index (χ1v) is 10.6. The van der Waals surface area contributed by atoms with Crippen molar-refractivity contribution in [2.24, 2.45) is 11.8 Å². The van der Waals surface area contributed by atoms with Gasteiger partial charge in [0.15, 0.2) is 0 Å². The van der Waals surface area contributed by atoms with Crippen molar-refractivity contribution < 1.29 is 9.59 Å². The highest BCUT2D eigenvalue weighted by atomic mass is 16.2. The fraction of sp³-hybridized carbons (Fsp3) is 0.636. The number of para-hydroxylation sites is 1. The summed E-state index contributed by atoms with van der Waals surface area (Å²) in [6.07, 6.45) is 6.93. The summed E-state index contributed by atoms with van der Waals surface area (Å²) < 4.78 is 0. The van der Waals surface area contributed by atoms with E-state index in [4.69, 9.17) is 0 Å². The van der Waals surface area contributed by atoms with Crippen molar-refractivity contribution in [2.45, 2.75) is 51.0 Å². The zero-order chi connectivity index (χ0) is 18.6. The fourth-order valence-electron chi connectivity index (χ4n) is 4.52. The van der Waals surface area contributed by atoms with Crippen molar-refractivity contribution in [2.75, 3.05) is 31.1 Å². The summed E-state index contributed by atoms with van der Waals surface area (Å²) in [4.78, 5) is 29.4. The molecule has 27 heavy (non-hydrogen) atoms. The number of amides is 2. The molecule has 5 heteroatoms. The Balaban J connectivity index is 1.19. The second-order valence-corrected chi connectivity index (χ2v) is 8.33. The Morgan fingerprint density at radius 1 is 0.815 bits per heavy atom. The molecule has 1 aromatic carbocycles. The maximum atomic E-state index is 12.7. The number of anilines is 1. The summed E-state index contributed by atoms with van der Waals surface area (Å²) in [5.41, 5.74) is 1.27. The molecule has 2 amide bonds. The van der Waals surface area contributed by atoms with Crippen molar-refractivity contribution in [3.8, 4) is 0 Å². The van der Waals surface area contributed by atoms with Crippen LogP contribution in [0.3, 0.4) is 0 Å². The van der Waals surface area contributed by atoms with Gasteiger partial charge in [-0.25, -0.2) is 0 Å². The second kappa shape index (κ2) is 8.32. The molecule has 1 N–H and O–H groups in total. The van der Waals surface area contributed by atoms with Gasteiger partial charge in [-0.2, -0.15) is 0 Å².